The summed E-state index contributed by atoms with van der Waals surface area (Å²) in [5, 5.41) is 8.65. The SMILES string of the molecule is O=C(O)CCC1CCN(c2ccc(C(F)(F)F)cn2)CC1. The van der Waals surface area contributed by atoms with Gasteiger partial charge in [0, 0.05) is 25.7 Å². The normalized spacial score (nSPS) is 17.0. The fourth-order valence-electron chi connectivity index (χ4n) is 2.52. The average Bonchev–Trinajstić information content (AvgIpc) is 2.45. The zero-order chi connectivity index (χ0) is 15.5. The third-order valence-corrected chi connectivity index (χ3v) is 3.78. The topological polar surface area (TPSA) is 53.4 Å². The molecule has 0 unspecified atom stereocenters. The standard InChI is InChI=1S/C14H17F3N2O2/c15-14(16,17)11-2-3-12(18-9-11)19-7-5-10(6-8-19)1-4-13(20)21/h2-3,9-10H,1,4-8H2,(H,20,21). The van der Waals surface area contributed by atoms with Crippen molar-refractivity contribution >= 4 is 11.8 Å². The maximum Gasteiger partial charge on any atom is 0.417 e. The molecule has 1 aromatic rings. The van der Waals surface area contributed by atoms with Crippen molar-refractivity contribution < 1.29 is 23.1 Å². The second-order valence-corrected chi connectivity index (χ2v) is 5.27. The third kappa shape index (κ3) is 4.34. The number of carboxylic acids is 1. The molecule has 1 saturated heterocycles. The molecule has 0 aromatic carbocycles. The van der Waals surface area contributed by atoms with E-state index in [0.29, 0.717) is 31.2 Å². The number of nitrogens with zero attached hydrogens (tertiary/aromatic N) is 2. The molecule has 0 amide bonds. The molecular weight excluding hydrogens is 285 g/mol. The Hall–Kier alpha value is -1.79. The van der Waals surface area contributed by atoms with Crippen molar-refractivity contribution in [3.05, 3.63) is 23.9 Å². The number of carbonyl (C=O) groups is 1. The molecule has 2 rings (SSSR count). The number of halogens is 3. The Labute approximate surface area is 120 Å². The molecular formula is C14H17F3N2O2. The zero-order valence-corrected chi connectivity index (χ0v) is 11.4. The minimum atomic E-state index is -4.37. The van der Waals surface area contributed by atoms with E-state index in [1.807, 2.05) is 4.90 Å². The molecule has 1 fully saturated rings. The molecule has 116 valence electrons. The first-order valence-corrected chi connectivity index (χ1v) is 6.86. The van der Waals surface area contributed by atoms with Crippen molar-refractivity contribution in [2.24, 2.45) is 5.92 Å². The minimum absolute atomic E-state index is 0.170. The number of hydrogen-bond acceptors (Lipinski definition) is 3. The highest BCUT2D eigenvalue weighted by molar-refractivity contribution is 5.66. The van der Waals surface area contributed by atoms with Crippen LogP contribution in [0.3, 0.4) is 0 Å². The van der Waals surface area contributed by atoms with Crippen LogP contribution in [0.4, 0.5) is 19.0 Å². The molecule has 0 bridgehead atoms. The van der Waals surface area contributed by atoms with Gasteiger partial charge in [0.15, 0.2) is 0 Å². The van der Waals surface area contributed by atoms with Gasteiger partial charge in [0.05, 0.1) is 5.56 Å². The smallest absolute Gasteiger partial charge is 0.417 e. The second-order valence-electron chi connectivity index (χ2n) is 5.27. The highest BCUT2D eigenvalue weighted by Gasteiger charge is 2.31. The summed E-state index contributed by atoms with van der Waals surface area (Å²) >= 11 is 0. The van der Waals surface area contributed by atoms with Crippen LogP contribution in [0.25, 0.3) is 0 Å². The summed E-state index contributed by atoms with van der Waals surface area (Å²) in [6.07, 6.45) is -1.00. The van der Waals surface area contributed by atoms with Crippen LogP contribution in [0.15, 0.2) is 18.3 Å². The highest BCUT2D eigenvalue weighted by atomic mass is 19.4. The van der Waals surface area contributed by atoms with Crippen LogP contribution in [0.1, 0.15) is 31.2 Å². The van der Waals surface area contributed by atoms with Crippen LogP contribution in [0, 0.1) is 5.92 Å². The van der Waals surface area contributed by atoms with Gasteiger partial charge in [-0.1, -0.05) is 0 Å². The van der Waals surface area contributed by atoms with Crippen molar-refractivity contribution in [3.63, 3.8) is 0 Å². The van der Waals surface area contributed by atoms with Gasteiger partial charge < -0.3 is 10.0 Å². The molecule has 1 aliphatic heterocycles. The fourth-order valence-corrected chi connectivity index (χ4v) is 2.52. The molecule has 0 atom stereocenters. The Morgan fingerprint density at radius 2 is 2.00 bits per heavy atom. The molecule has 7 heteroatoms. The van der Waals surface area contributed by atoms with Gasteiger partial charge in [-0.3, -0.25) is 4.79 Å². The van der Waals surface area contributed by atoms with Gasteiger partial charge >= 0.3 is 12.1 Å². The van der Waals surface area contributed by atoms with E-state index in [-0.39, 0.29) is 6.42 Å². The van der Waals surface area contributed by atoms with Gasteiger partial charge in [-0.05, 0) is 37.3 Å². The van der Waals surface area contributed by atoms with E-state index in [1.54, 1.807) is 0 Å². The number of piperidine rings is 1. The maximum atomic E-state index is 12.5. The van der Waals surface area contributed by atoms with E-state index in [0.717, 1.165) is 25.1 Å². The molecule has 1 aromatic heterocycles. The van der Waals surface area contributed by atoms with Crippen LogP contribution in [0.5, 0.6) is 0 Å². The minimum Gasteiger partial charge on any atom is -0.481 e. The van der Waals surface area contributed by atoms with Crippen molar-refractivity contribution in [2.45, 2.75) is 31.9 Å². The fraction of sp³-hybridized carbons (Fsp3) is 0.571. The van der Waals surface area contributed by atoms with Crippen molar-refractivity contribution in [1.82, 2.24) is 4.98 Å². The molecule has 21 heavy (non-hydrogen) atoms. The number of hydrogen-bond donors (Lipinski definition) is 1. The first-order valence-electron chi connectivity index (χ1n) is 6.86. The van der Waals surface area contributed by atoms with E-state index in [1.165, 1.54) is 6.07 Å². The van der Waals surface area contributed by atoms with Gasteiger partial charge in [0.1, 0.15) is 5.82 Å². The van der Waals surface area contributed by atoms with Gasteiger partial charge in [-0.2, -0.15) is 13.2 Å². The molecule has 0 radical (unpaired) electrons. The lowest BCUT2D eigenvalue weighted by Crippen LogP contribution is -2.34. The number of carboxylic acid groups (broad SMARTS) is 1. The first-order chi connectivity index (χ1) is 9.86. The van der Waals surface area contributed by atoms with Crippen LogP contribution in [0.2, 0.25) is 0 Å². The van der Waals surface area contributed by atoms with E-state index in [4.69, 9.17) is 5.11 Å². The Morgan fingerprint density at radius 3 is 2.48 bits per heavy atom. The van der Waals surface area contributed by atoms with Gasteiger partial charge in [0.25, 0.3) is 0 Å². The monoisotopic (exact) mass is 302 g/mol. The molecule has 4 nitrogen and oxygen atoms in total. The van der Waals surface area contributed by atoms with E-state index >= 15 is 0 Å². The summed E-state index contributed by atoms with van der Waals surface area (Å²) in [6, 6.07) is 2.43. The summed E-state index contributed by atoms with van der Waals surface area (Å²) in [4.78, 5) is 16.4. The quantitative estimate of drug-likeness (QED) is 0.928. The lowest BCUT2D eigenvalue weighted by atomic mass is 9.92. The lowest BCUT2D eigenvalue weighted by molar-refractivity contribution is -0.138. The van der Waals surface area contributed by atoms with E-state index in [9.17, 15) is 18.0 Å². The number of aromatic nitrogens is 1. The Bertz CT molecular complexity index is 480. The Kier molecular flexibility index (Phi) is 4.69. The van der Waals surface area contributed by atoms with Crippen molar-refractivity contribution in [3.8, 4) is 0 Å². The Morgan fingerprint density at radius 1 is 1.33 bits per heavy atom. The number of alkyl halides is 3. The predicted octanol–water partition coefficient (Wildman–Crippen LogP) is 3.18. The highest BCUT2D eigenvalue weighted by Crippen LogP contribution is 2.30. The largest absolute Gasteiger partial charge is 0.481 e. The van der Waals surface area contributed by atoms with Crippen LogP contribution in [-0.2, 0) is 11.0 Å². The van der Waals surface area contributed by atoms with Crippen LogP contribution in [-0.4, -0.2) is 29.1 Å². The summed E-state index contributed by atoms with van der Waals surface area (Å²) in [7, 11) is 0. The lowest BCUT2D eigenvalue weighted by Gasteiger charge is -2.32. The second kappa shape index (κ2) is 6.32. The average molecular weight is 302 g/mol. The summed E-state index contributed by atoms with van der Waals surface area (Å²) < 4.78 is 37.4. The van der Waals surface area contributed by atoms with E-state index in [2.05, 4.69) is 4.98 Å². The number of rotatable bonds is 4. The molecule has 0 saturated carbocycles. The first kappa shape index (κ1) is 15.6. The molecule has 0 aliphatic carbocycles. The number of aliphatic carboxylic acids is 1. The van der Waals surface area contributed by atoms with E-state index < -0.39 is 17.7 Å². The Balaban J connectivity index is 1.89. The molecule has 0 spiro atoms. The van der Waals surface area contributed by atoms with Crippen molar-refractivity contribution in [1.29, 1.82) is 0 Å². The van der Waals surface area contributed by atoms with Crippen LogP contribution >= 0.6 is 0 Å². The zero-order valence-electron chi connectivity index (χ0n) is 11.4. The van der Waals surface area contributed by atoms with Gasteiger partial charge in [-0.15, -0.1) is 0 Å². The molecule has 1 aliphatic rings. The number of anilines is 1. The van der Waals surface area contributed by atoms with Gasteiger partial charge in [0.2, 0.25) is 0 Å². The molecule has 1 N–H and O–H groups in total. The van der Waals surface area contributed by atoms with Crippen LogP contribution < -0.4 is 4.90 Å². The maximum absolute atomic E-state index is 12.5. The summed E-state index contributed by atoms with van der Waals surface area (Å²) in [6.45, 7) is 1.39. The third-order valence-electron chi connectivity index (χ3n) is 3.78. The molecule has 2 heterocycles. The predicted molar refractivity (Wildman–Crippen MR) is 71.0 cm³/mol. The van der Waals surface area contributed by atoms with Gasteiger partial charge in [-0.25, -0.2) is 4.98 Å². The summed E-state index contributed by atoms with van der Waals surface area (Å²) in [5.74, 6) is 0.119. The van der Waals surface area contributed by atoms with Crippen molar-refractivity contribution in [2.75, 3.05) is 18.0 Å². The summed E-state index contributed by atoms with van der Waals surface area (Å²) in [5.41, 5.74) is -0.748. The number of pyridine rings is 1.